The Morgan fingerprint density at radius 1 is 2.00 bits per heavy atom. The van der Waals surface area contributed by atoms with E-state index in [9.17, 15) is 0 Å². The van der Waals surface area contributed by atoms with Crippen molar-refractivity contribution >= 4 is 9.88 Å². The van der Waals surface area contributed by atoms with Gasteiger partial charge in [0.1, 0.15) is 0 Å². The Hall–Kier alpha value is -0.513. The van der Waals surface area contributed by atoms with Crippen molar-refractivity contribution < 1.29 is 0 Å². The second-order valence-electron chi connectivity index (χ2n) is 0.241. The number of hydrogen-bond acceptors (Lipinski definition) is 0. The zero-order valence-corrected chi connectivity index (χ0v) is 3.02. The molecule has 1 nitrogen and oxygen atoms in total. The Morgan fingerprint density at radius 3 is 2.25 bits per heavy atom. The van der Waals surface area contributed by atoms with Crippen molar-refractivity contribution in [1.82, 2.24) is 0 Å². The van der Waals surface area contributed by atoms with Crippen molar-refractivity contribution in [1.29, 1.82) is 0 Å². The Balaban J connectivity index is 3.14. The van der Waals surface area contributed by atoms with Crippen LogP contribution in [0.4, 0.5) is 0 Å². The fraction of sp³-hybridized carbons (Fsp3) is 0. The predicted octanol–water partition coefficient (Wildman–Crippen LogP) is 0.0343. The molecule has 18 valence electrons. The molecule has 2 heteroatoms. The smallest absolute Gasteiger partial charge is 0.287 e. The van der Waals surface area contributed by atoms with Gasteiger partial charge in [0.2, 0.25) is 0 Å². The molecule has 0 bridgehead atoms. The topological polar surface area (TPSA) is 4.36 Å². The number of nitrogens with zero attached hydrogens (tertiary/aromatic N) is 1. The monoisotopic (exact) mass is 67.0 g/mol. The summed E-state index contributed by atoms with van der Waals surface area (Å²) < 4.78 is 3.07. The van der Waals surface area contributed by atoms with E-state index in [-0.39, 0.29) is 0 Å². The van der Waals surface area contributed by atoms with Gasteiger partial charge in [0.05, 0.1) is 0 Å². The predicted molar refractivity (Wildman–Crippen MR) is 17.9 cm³/mol. The molecule has 0 unspecified atom stereocenters. The molecule has 0 N–H and O–H groups in total. The quantitative estimate of drug-likeness (QED) is 0.278. The van der Waals surface area contributed by atoms with Gasteiger partial charge in [-0.3, -0.25) is 0 Å². The van der Waals surface area contributed by atoms with Crippen LogP contribution in [0.25, 0.3) is 4.47 Å². The van der Waals surface area contributed by atoms with Gasteiger partial charge in [-0.25, -0.2) is 0 Å². The highest BCUT2D eigenvalue weighted by atomic mass is 28.1. The summed E-state index contributed by atoms with van der Waals surface area (Å²) in [7, 11) is 2.68. The third-order valence-electron chi connectivity index (χ3n) is 0.0645. The normalized spacial score (nSPS) is 2.50. The van der Waals surface area contributed by atoms with E-state index in [1.54, 1.807) is 0 Å². The van der Waals surface area contributed by atoms with E-state index in [1.807, 2.05) is 6.04 Å². The Morgan fingerprint density at radius 2 is 2.25 bits per heavy atom. The van der Waals surface area contributed by atoms with Crippen LogP contribution in [0.2, 0.25) is 0 Å². The molecule has 0 spiro atoms. The third-order valence-corrected chi connectivity index (χ3v) is 0.194. The molecular weight excluding hydrogens is 66.1 g/mol. The van der Waals surface area contributed by atoms with Crippen molar-refractivity contribution in [3.05, 3.63) is 4.47 Å². The van der Waals surface area contributed by atoms with Crippen LogP contribution in [0.3, 0.4) is 0 Å². The van der Waals surface area contributed by atoms with Gasteiger partial charge in [0.25, 0.3) is 6.04 Å². The zero-order chi connectivity index (χ0) is 3.41. The average molecular weight is 67.1 g/mol. The molecule has 0 heterocycles. The highest BCUT2D eigenvalue weighted by Gasteiger charge is 1.28. The SMILES string of the molecule is C#C[N+]#[Si-]. The first-order valence-corrected chi connectivity index (χ1v) is 1.18. The molecule has 0 rings (SSSR count). The molecule has 0 fully saturated rings. The van der Waals surface area contributed by atoms with Crippen LogP contribution in [-0.4, -0.2) is 9.88 Å². The van der Waals surface area contributed by atoms with E-state index in [1.165, 1.54) is 0 Å². The maximum Gasteiger partial charge on any atom is 0.287 e. The molecular formula is C2HNSi. The molecule has 0 aromatic rings. The lowest BCUT2D eigenvalue weighted by Crippen LogP contribution is -1.20. The van der Waals surface area contributed by atoms with Crippen LogP contribution in [0.5, 0.6) is 0 Å². The summed E-state index contributed by atoms with van der Waals surface area (Å²) >= 11 is 0. The van der Waals surface area contributed by atoms with Gasteiger partial charge < -0.3 is 4.47 Å². The van der Waals surface area contributed by atoms with Gasteiger partial charge in [0, 0.05) is 0 Å². The molecule has 0 aliphatic heterocycles. The van der Waals surface area contributed by atoms with Crippen molar-refractivity contribution in [2.45, 2.75) is 0 Å². The van der Waals surface area contributed by atoms with Crippen LogP contribution in [-0.2, 0) is 0 Å². The third kappa shape index (κ3) is 1.49. The minimum Gasteiger partial charge on any atom is -0.321 e. The van der Waals surface area contributed by atoms with Gasteiger partial charge in [-0.2, -0.15) is 0 Å². The highest BCUT2D eigenvalue weighted by Crippen LogP contribution is 1.37. The first-order valence-electron chi connectivity index (χ1n) is 0.736. The van der Waals surface area contributed by atoms with Gasteiger partial charge in [-0.1, -0.05) is 9.88 Å². The first kappa shape index (κ1) is 3.49. The molecule has 0 amide bonds. The fourth-order valence-corrected chi connectivity index (χ4v) is 0. The Kier molecular flexibility index (Phi) is 2.17. The van der Waals surface area contributed by atoms with E-state index in [2.05, 4.69) is 20.8 Å². The lowest BCUT2D eigenvalue weighted by atomic mass is 11.2. The molecule has 0 radical (unpaired) electrons. The summed E-state index contributed by atoms with van der Waals surface area (Å²) in [5.74, 6) is 0. The fourth-order valence-electron chi connectivity index (χ4n) is 0. The summed E-state index contributed by atoms with van der Waals surface area (Å²) in [5.41, 5.74) is 0. The molecule has 4 heavy (non-hydrogen) atoms. The first-order chi connectivity index (χ1) is 1.91. The lowest BCUT2D eigenvalue weighted by molar-refractivity contribution is 2.44. The van der Waals surface area contributed by atoms with Gasteiger partial charge in [-0.15, -0.1) is 0 Å². The Labute approximate surface area is 27.9 Å². The van der Waals surface area contributed by atoms with E-state index in [0.717, 1.165) is 0 Å². The number of rotatable bonds is 0. The van der Waals surface area contributed by atoms with E-state index >= 15 is 0 Å². The van der Waals surface area contributed by atoms with Crippen LogP contribution >= 0.6 is 0 Å². The zero-order valence-electron chi connectivity index (χ0n) is 2.02. The second-order valence-corrected chi connectivity index (χ2v) is 0.465. The van der Waals surface area contributed by atoms with Crippen LogP contribution in [0.1, 0.15) is 0 Å². The minimum atomic E-state index is 1.97. The molecule has 0 saturated heterocycles. The summed E-state index contributed by atoms with van der Waals surface area (Å²) in [6.45, 7) is 0. The largest absolute Gasteiger partial charge is 0.321 e. The molecule has 0 atom stereocenters. The van der Waals surface area contributed by atoms with Gasteiger partial charge in [-0.05, 0) is 6.42 Å². The van der Waals surface area contributed by atoms with Crippen molar-refractivity contribution in [2.75, 3.05) is 0 Å². The maximum absolute atomic E-state index is 4.56. The summed E-state index contributed by atoms with van der Waals surface area (Å²) in [6, 6.07) is 1.97. The van der Waals surface area contributed by atoms with Crippen molar-refractivity contribution in [2.24, 2.45) is 0 Å². The summed E-state index contributed by atoms with van der Waals surface area (Å²) in [4.78, 5) is 0. The lowest BCUT2D eigenvalue weighted by Gasteiger charge is -1.32. The molecule has 0 aliphatic carbocycles. The van der Waals surface area contributed by atoms with Crippen molar-refractivity contribution in [3.8, 4) is 12.5 Å². The number of terminal acetylenes is 1. The molecule has 0 saturated carbocycles. The second kappa shape index (κ2) is 2.49. The van der Waals surface area contributed by atoms with E-state index in [0.29, 0.717) is 0 Å². The van der Waals surface area contributed by atoms with Crippen LogP contribution in [0, 0.1) is 12.5 Å². The van der Waals surface area contributed by atoms with Crippen molar-refractivity contribution in [3.63, 3.8) is 0 Å². The standard InChI is InChI=1S/C2HNSi/c1-2-3-4/h1H. The summed E-state index contributed by atoms with van der Waals surface area (Å²) in [6.07, 6.45) is 4.56. The van der Waals surface area contributed by atoms with Gasteiger partial charge >= 0.3 is 0 Å². The van der Waals surface area contributed by atoms with E-state index in [4.69, 9.17) is 0 Å². The van der Waals surface area contributed by atoms with Gasteiger partial charge in [0.15, 0.2) is 0 Å². The molecule has 0 aromatic carbocycles. The minimum absolute atomic E-state index is 1.97. The van der Waals surface area contributed by atoms with Crippen LogP contribution in [0.15, 0.2) is 0 Å². The average Bonchev–Trinajstić information content (AvgIpc) is 1.37. The Bertz CT molecular complexity index is 61.0. The highest BCUT2D eigenvalue weighted by molar-refractivity contribution is 5.92. The summed E-state index contributed by atoms with van der Waals surface area (Å²) in [5, 5.41) is 0. The molecule has 0 aliphatic rings. The number of hydrogen-bond donors (Lipinski definition) is 0. The van der Waals surface area contributed by atoms with Crippen LogP contribution < -0.4 is 0 Å². The molecule has 0 aromatic heterocycles. The maximum atomic E-state index is 4.56. The van der Waals surface area contributed by atoms with E-state index < -0.39 is 0 Å².